The zero-order valence-electron chi connectivity index (χ0n) is 35.3. The number of hydrogen-bond donors (Lipinski definition) is 2. The number of rotatable bonds is 15. The molecule has 0 amide bonds. The maximum Gasteiger partial charge on any atom is 0.271 e. The summed E-state index contributed by atoms with van der Waals surface area (Å²) in [6, 6.07) is 26.4. The van der Waals surface area contributed by atoms with Crippen molar-refractivity contribution in [2.45, 2.75) is 9.10 Å². The van der Waals surface area contributed by atoms with E-state index in [2.05, 4.69) is 19.4 Å². The van der Waals surface area contributed by atoms with Crippen LogP contribution in [0.2, 0.25) is 4.34 Å². The Bertz CT molecular complexity index is 3310. The van der Waals surface area contributed by atoms with E-state index in [1.807, 2.05) is 0 Å². The van der Waals surface area contributed by atoms with Gasteiger partial charge in [0.1, 0.15) is 33.0 Å². The molecule has 8 aromatic rings. The van der Waals surface area contributed by atoms with Gasteiger partial charge in [0.25, 0.3) is 20.0 Å². The molecule has 2 N–H and O–H groups in total. The highest BCUT2D eigenvalue weighted by Gasteiger charge is 2.21. The number of pyridine rings is 2. The van der Waals surface area contributed by atoms with Crippen molar-refractivity contribution in [2.75, 3.05) is 45.0 Å². The number of nitrogens with one attached hydrogen (secondary N) is 2. The number of thiophene rings is 1. The van der Waals surface area contributed by atoms with Gasteiger partial charge in [-0.25, -0.2) is 25.6 Å². The first-order chi connectivity index (χ1) is 31.6. The molecular weight excluding hydrogens is 942 g/mol. The van der Waals surface area contributed by atoms with Crippen LogP contribution in [0.4, 0.5) is 20.2 Å². The number of nitrogens with zero attached hydrogens (tertiary/aromatic N) is 2. The van der Waals surface area contributed by atoms with Crippen molar-refractivity contribution < 1.29 is 58.8 Å². The third-order valence-corrected chi connectivity index (χ3v) is 13.9. The summed E-state index contributed by atoms with van der Waals surface area (Å²) in [6.07, 6.45) is 3.10. The van der Waals surface area contributed by atoms with Gasteiger partial charge in [-0.1, -0.05) is 17.7 Å². The summed E-state index contributed by atoms with van der Waals surface area (Å²) in [5.74, 6) is 1.93. The van der Waals surface area contributed by atoms with Crippen molar-refractivity contribution in [3.05, 3.63) is 138 Å². The maximum absolute atomic E-state index is 14.8. The minimum atomic E-state index is -4.03. The molecule has 15 nitrogen and oxygen atoms in total. The average Bonchev–Trinajstić information content (AvgIpc) is 3.77. The van der Waals surface area contributed by atoms with Crippen molar-refractivity contribution in [1.29, 1.82) is 0 Å². The van der Waals surface area contributed by atoms with E-state index in [9.17, 15) is 25.6 Å². The van der Waals surface area contributed by atoms with Gasteiger partial charge in [0.2, 0.25) is 0 Å². The molecule has 0 radical (unpaired) electrons. The zero-order chi connectivity index (χ0) is 47.2. The topological polar surface area (TPSA) is 183 Å². The number of halogens is 3. The lowest BCUT2D eigenvalue weighted by Gasteiger charge is -2.13. The molecule has 0 bridgehead atoms. The Morgan fingerprint density at radius 2 is 1.00 bits per heavy atom. The van der Waals surface area contributed by atoms with E-state index in [1.54, 1.807) is 54.9 Å². The molecule has 3 heterocycles. The second-order valence-corrected chi connectivity index (χ2v) is 18.8. The summed E-state index contributed by atoms with van der Waals surface area (Å²) in [7, 11) is -0.485. The third-order valence-electron chi connectivity index (χ3n) is 9.40. The summed E-state index contributed by atoms with van der Waals surface area (Å²) in [4.78, 5) is 8.54. The molecule has 0 aliphatic rings. The maximum atomic E-state index is 14.8. The Kier molecular flexibility index (Phi) is 14.2. The quantitative estimate of drug-likeness (QED) is 0.0990. The molecule has 5 aromatic carbocycles. The fourth-order valence-corrected chi connectivity index (χ4v) is 9.87. The number of benzene rings is 5. The Hall–Kier alpha value is -7.13. The van der Waals surface area contributed by atoms with E-state index in [1.165, 1.54) is 90.1 Å². The van der Waals surface area contributed by atoms with Gasteiger partial charge >= 0.3 is 0 Å². The van der Waals surface area contributed by atoms with Crippen molar-refractivity contribution in [1.82, 2.24) is 9.97 Å². The molecule has 0 spiro atoms. The van der Waals surface area contributed by atoms with Crippen LogP contribution in [0.15, 0.2) is 131 Å². The summed E-state index contributed by atoms with van der Waals surface area (Å²) >= 11 is 6.67. The van der Waals surface area contributed by atoms with Crippen molar-refractivity contribution in [3.8, 4) is 51.7 Å². The normalized spacial score (nSPS) is 11.3. The lowest BCUT2D eigenvalue weighted by atomic mass is 10.2. The second kappa shape index (κ2) is 19.9. The lowest BCUT2D eigenvalue weighted by Crippen LogP contribution is -2.14. The van der Waals surface area contributed by atoms with Crippen LogP contribution in [-0.2, 0) is 20.0 Å². The minimum absolute atomic E-state index is 0.0187. The smallest absolute Gasteiger partial charge is 0.271 e. The van der Waals surface area contributed by atoms with E-state index in [4.69, 9.17) is 44.8 Å². The average molecular weight is 979 g/mol. The molecule has 0 saturated heterocycles. The zero-order valence-corrected chi connectivity index (χ0v) is 38.5. The Balaban J connectivity index is 0.000000197. The molecule has 0 atom stereocenters. The number of methoxy groups -OCH3 is 5. The highest BCUT2D eigenvalue weighted by Crippen LogP contribution is 2.39. The number of hydrogen-bond acceptors (Lipinski definition) is 14. The minimum Gasteiger partial charge on any atom is -0.497 e. The van der Waals surface area contributed by atoms with Crippen molar-refractivity contribution >= 4 is 76.2 Å². The molecule has 21 heteroatoms. The van der Waals surface area contributed by atoms with E-state index >= 15 is 0 Å². The fourth-order valence-electron chi connectivity index (χ4n) is 6.22. The molecule has 66 heavy (non-hydrogen) atoms. The molecule has 0 saturated carbocycles. The largest absolute Gasteiger partial charge is 0.497 e. The molecule has 0 unspecified atom stereocenters. The number of sulfonamides is 2. The predicted molar refractivity (Wildman–Crippen MR) is 247 cm³/mol. The molecule has 0 fully saturated rings. The van der Waals surface area contributed by atoms with Crippen molar-refractivity contribution in [2.24, 2.45) is 0 Å². The number of aromatic nitrogens is 2. The number of anilines is 2. The molecule has 3 aromatic heterocycles. The van der Waals surface area contributed by atoms with Crippen molar-refractivity contribution in [3.63, 3.8) is 0 Å². The van der Waals surface area contributed by atoms with Crippen LogP contribution >= 0.6 is 22.9 Å². The number of fused-ring (bicyclic) bond motifs is 2. The summed E-state index contributed by atoms with van der Waals surface area (Å²) < 4.78 is 122. The molecular formula is C45H37ClF2N4O11S3. The van der Waals surface area contributed by atoms with Gasteiger partial charge in [-0.05, 0) is 72.8 Å². The highest BCUT2D eigenvalue weighted by atomic mass is 35.5. The highest BCUT2D eigenvalue weighted by molar-refractivity contribution is 7.94. The number of ether oxygens (including phenoxy) is 7. The molecule has 342 valence electrons. The first-order valence-electron chi connectivity index (χ1n) is 19.1. The van der Waals surface area contributed by atoms with Gasteiger partial charge in [0.05, 0.1) is 67.2 Å². The van der Waals surface area contributed by atoms with E-state index in [0.717, 1.165) is 23.5 Å². The first-order valence-corrected chi connectivity index (χ1v) is 23.2. The Morgan fingerprint density at radius 1 is 0.515 bits per heavy atom. The van der Waals surface area contributed by atoms with Crippen LogP contribution < -0.4 is 42.6 Å². The van der Waals surface area contributed by atoms with E-state index < -0.39 is 31.7 Å². The molecule has 8 rings (SSSR count). The molecule has 0 aliphatic carbocycles. The van der Waals surface area contributed by atoms with E-state index in [-0.39, 0.29) is 32.0 Å². The van der Waals surface area contributed by atoms with Crippen LogP contribution in [0, 0.1) is 11.6 Å². The fraction of sp³-hybridized carbons (Fsp3) is 0.111. The van der Waals surface area contributed by atoms with Gasteiger partial charge < -0.3 is 33.2 Å². The molecule has 0 aliphatic heterocycles. The van der Waals surface area contributed by atoms with Crippen LogP contribution in [0.25, 0.3) is 21.8 Å². The van der Waals surface area contributed by atoms with Gasteiger partial charge in [-0.15, -0.1) is 11.3 Å². The monoisotopic (exact) mass is 978 g/mol. The van der Waals surface area contributed by atoms with Crippen LogP contribution in [0.5, 0.6) is 51.7 Å². The van der Waals surface area contributed by atoms with Crippen LogP contribution in [-0.4, -0.2) is 62.4 Å². The van der Waals surface area contributed by atoms with Gasteiger partial charge in [0.15, 0.2) is 34.6 Å². The van der Waals surface area contributed by atoms with Gasteiger partial charge in [0, 0.05) is 53.5 Å². The summed E-state index contributed by atoms with van der Waals surface area (Å²) in [5, 5.41) is 1.26. The standard InChI is InChI=1S/C24H21FN2O6S.C21H16ClFN2O5S2/c1-30-15-5-4-6-17(11-15)34(28,29)27-20-8-7-16(12-19(20)25)33-22-9-10-26-21-14-24(32-3)23(31-2)13-18(21)22;1-28-18-10-13-16(11-19(18)29-2)24-8-7-17(13)30-12-3-4-15(14(23)9-12)25-32(26,27)21-6-5-20(22)31-21/h4-14,27H,1-3H3;3-11,25H,1-2H3. The Morgan fingerprint density at radius 3 is 1.44 bits per heavy atom. The summed E-state index contributed by atoms with van der Waals surface area (Å²) in [5.41, 5.74) is 0.756. The SMILES string of the molecule is COc1cc2nccc(Oc3ccc(NS(=O)(=O)c4ccc(Cl)s4)c(F)c3)c2cc1OC.COc1cccc(S(=O)(=O)Nc2ccc(Oc3ccnc4cc(OC)c(OC)cc34)cc2F)c1. The van der Waals surface area contributed by atoms with Gasteiger partial charge in [-0.3, -0.25) is 19.4 Å². The predicted octanol–water partition coefficient (Wildman–Crippen LogP) is 10.7. The van der Waals surface area contributed by atoms with Crippen LogP contribution in [0.3, 0.4) is 0 Å². The second-order valence-electron chi connectivity index (χ2n) is 13.5. The van der Waals surface area contributed by atoms with Gasteiger partial charge in [-0.2, -0.15) is 0 Å². The third kappa shape index (κ3) is 10.5. The van der Waals surface area contributed by atoms with E-state index in [0.29, 0.717) is 66.4 Å². The summed E-state index contributed by atoms with van der Waals surface area (Å²) in [6.45, 7) is 0. The Labute approximate surface area is 386 Å². The van der Waals surface area contributed by atoms with Crippen LogP contribution in [0.1, 0.15) is 0 Å². The lowest BCUT2D eigenvalue weighted by molar-refractivity contribution is 0.355. The first kappa shape index (κ1) is 46.9.